The highest BCUT2D eigenvalue weighted by molar-refractivity contribution is 7.93. The van der Waals surface area contributed by atoms with Crippen LogP contribution >= 0.6 is 11.9 Å². The second kappa shape index (κ2) is 3.90. The predicted molar refractivity (Wildman–Crippen MR) is 56.5 cm³/mol. The molecule has 0 saturated carbocycles. The average molecular weight is 211 g/mol. The number of hydrogen-bond acceptors (Lipinski definition) is 3. The minimum Gasteiger partial charge on any atom is -0.586 e. The van der Waals surface area contributed by atoms with Crippen molar-refractivity contribution in [3.8, 4) is 0 Å². The first kappa shape index (κ1) is 9.98. The van der Waals surface area contributed by atoms with Crippen LogP contribution in [-0.4, -0.2) is 21.7 Å². The van der Waals surface area contributed by atoms with Crippen molar-refractivity contribution in [1.29, 1.82) is 0 Å². The van der Waals surface area contributed by atoms with Gasteiger partial charge in [-0.3, -0.25) is 0 Å². The van der Waals surface area contributed by atoms with Crippen LogP contribution in [0.5, 0.6) is 0 Å². The maximum Gasteiger partial charge on any atom is 0.121 e. The van der Waals surface area contributed by atoms with Gasteiger partial charge >= 0.3 is 0 Å². The fraction of sp³-hybridized carbons (Fsp3) is 0.400. The lowest BCUT2D eigenvalue weighted by Gasteiger charge is -2.36. The summed E-state index contributed by atoms with van der Waals surface area (Å²) in [7, 11) is 0. The molecule has 0 aromatic heterocycles. The second-order valence-electron chi connectivity index (χ2n) is 3.55. The molecule has 1 aromatic carbocycles. The van der Waals surface area contributed by atoms with Crippen LogP contribution in [0.15, 0.2) is 30.3 Å². The normalized spacial score (nSPS) is 32.9. The van der Waals surface area contributed by atoms with Gasteiger partial charge in [0.2, 0.25) is 0 Å². The van der Waals surface area contributed by atoms with E-state index < -0.39 is 4.21 Å². The minimum atomic E-state index is -1.14. The number of rotatable bonds is 1. The van der Waals surface area contributed by atoms with Gasteiger partial charge in [-0.1, -0.05) is 30.3 Å². The summed E-state index contributed by atoms with van der Waals surface area (Å²) < 4.78 is -1.14. The van der Waals surface area contributed by atoms with Gasteiger partial charge in [0.1, 0.15) is 18.5 Å². The first-order valence-electron chi connectivity index (χ1n) is 4.69. The molecule has 0 bridgehead atoms. The molecule has 1 heterocycles. The van der Waals surface area contributed by atoms with Crippen molar-refractivity contribution in [2.24, 2.45) is 0 Å². The van der Waals surface area contributed by atoms with E-state index in [9.17, 15) is 10.4 Å². The summed E-state index contributed by atoms with van der Waals surface area (Å²) in [6.07, 6.45) is 0.761. The summed E-state index contributed by atoms with van der Waals surface area (Å²) in [5, 5.41) is 20.3. The molecule has 1 aromatic rings. The first-order chi connectivity index (χ1) is 6.67. The molecule has 1 saturated heterocycles. The van der Waals surface area contributed by atoms with E-state index in [2.05, 4.69) is 12.1 Å². The van der Waals surface area contributed by atoms with Gasteiger partial charge in [-0.2, -0.15) is 4.21 Å². The quantitative estimate of drug-likeness (QED) is 0.441. The third-order valence-corrected chi connectivity index (χ3v) is 3.65. The highest BCUT2D eigenvalue weighted by atomic mass is 32.2. The summed E-state index contributed by atoms with van der Waals surface area (Å²) in [5.74, 6) is 1.11. The first-order valence-corrected chi connectivity index (χ1v) is 5.63. The highest BCUT2D eigenvalue weighted by Crippen LogP contribution is 2.34. The zero-order chi connectivity index (χ0) is 10.0. The Hall–Kier alpha value is -0.550. The van der Waals surface area contributed by atoms with Crippen LogP contribution in [0.25, 0.3) is 0 Å². The number of hydrogen-bond donors (Lipinski definition) is 1. The second-order valence-corrected chi connectivity index (χ2v) is 4.72. The topological polar surface area (TPSA) is 43.3 Å². The van der Waals surface area contributed by atoms with Crippen molar-refractivity contribution in [2.45, 2.75) is 12.3 Å². The molecule has 2 rings (SSSR count). The van der Waals surface area contributed by atoms with Crippen LogP contribution in [-0.2, 0) is 0 Å². The Bertz CT molecular complexity index is 292. The predicted octanol–water partition coefficient (Wildman–Crippen LogP) is 2.53. The summed E-state index contributed by atoms with van der Waals surface area (Å²) in [6.45, 7) is 0.282. The standard InChI is InChI=1S/C10H13NO2S/c12-11(13)7-6-10(8-14-11)9-4-2-1-3-5-9/h1-5,10,12H,6-8H2. The van der Waals surface area contributed by atoms with E-state index in [0.29, 0.717) is 11.7 Å². The van der Waals surface area contributed by atoms with E-state index in [-0.39, 0.29) is 6.54 Å². The van der Waals surface area contributed by atoms with E-state index in [1.807, 2.05) is 18.2 Å². The van der Waals surface area contributed by atoms with Gasteiger partial charge < -0.3 is 5.21 Å². The molecule has 1 aliphatic heterocycles. The Balaban J connectivity index is 2.03. The van der Waals surface area contributed by atoms with Crippen LogP contribution in [0.2, 0.25) is 0 Å². The summed E-state index contributed by atoms with van der Waals surface area (Å²) in [5.41, 5.74) is 1.26. The fourth-order valence-corrected chi connectivity index (χ4v) is 2.67. The maximum absolute atomic E-state index is 11.2. The summed E-state index contributed by atoms with van der Waals surface area (Å²) in [4.78, 5) is 0. The Morgan fingerprint density at radius 2 is 2.07 bits per heavy atom. The average Bonchev–Trinajstić information content (AvgIpc) is 2.19. The number of hydroxylamine groups is 2. The molecule has 2 unspecified atom stereocenters. The molecular weight excluding hydrogens is 198 g/mol. The third-order valence-electron chi connectivity index (χ3n) is 2.51. The molecule has 3 nitrogen and oxygen atoms in total. The smallest absolute Gasteiger partial charge is 0.121 e. The Morgan fingerprint density at radius 3 is 2.64 bits per heavy atom. The van der Waals surface area contributed by atoms with Gasteiger partial charge in [0.15, 0.2) is 0 Å². The molecule has 0 amide bonds. The zero-order valence-electron chi connectivity index (χ0n) is 7.80. The lowest BCUT2D eigenvalue weighted by Crippen LogP contribution is -2.37. The molecule has 1 fully saturated rings. The molecule has 2 atom stereocenters. The van der Waals surface area contributed by atoms with Crippen molar-refractivity contribution in [1.82, 2.24) is 0 Å². The van der Waals surface area contributed by atoms with Crippen LogP contribution in [0.1, 0.15) is 17.9 Å². The lowest BCUT2D eigenvalue weighted by molar-refractivity contribution is -0.952. The van der Waals surface area contributed by atoms with Gasteiger partial charge in [0, 0.05) is 12.3 Å². The van der Waals surface area contributed by atoms with Crippen molar-refractivity contribution in [3.63, 3.8) is 0 Å². The highest BCUT2D eigenvalue weighted by Gasteiger charge is 2.28. The van der Waals surface area contributed by atoms with E-state index in [1.165, 1.54) is 5.56 Å². The van der Waals surface area contributed by atoms with Crippen LogP contribution in [0.4, 0.5) is 0 Å². The van der Waals surface area contributed by atoms with E-state index in [1.54, 1.807) is 0 Å². The number of benzene rings is 1. The van der Waals surface area contributed by atoms with Crippen molar-refractivity contribution in [3.05, 3.63) is 41.1 Å². The van der Waals surface area contributed by atoms with Gasteiger partial charge in [0.25, 0.3) is 0 Å². The summed E-state index contributed by atoms with van der Waals surface area (Å²) in [6, 6.07) is 10.2. The Kier molecular flexibility index (Phi) is 2.78. The van der Waals surface area contributed by atoms with E-state index in [0.717, 1.165) is 18.4 Å². The SMILES string of the molecule is [O-][N+]1(O)CCC(c2ccccc2)CS1. The molecule has 0 radical (unpaired) electrons. The third kappa shape index (κ3) is 2.27. The van der Waals surface area contributed by atoms with E-state index >= 15 is 0 Å². The summed E-state index contributed by atoms with van der Waals surface area (Å²) >= 11 is 1.06. The molecule has 76 valence electrons. The van der Waals surface area contributed by atoms with Crippen molar-refractivity contribution >= 4 is 11.9 Å². The Labute approximate surface area is 87.6 Å². The van der Waals surface area contributed by atoms with E-state index in [4.69, 9.17) is 0 Å². The Morgan fingerprint density at radius 1 is 1.36 bits per heavy atom. The molecule has 1 aliphatic rings. The molecule has 14 heavy (non-hydrogen) atoms. The lowest BCUT2D eigenvalue weighted by atomic mass is 9.98. The molecule has 0 spiro atoms. The van der Waals surface area contributed by atoms with Crippen molar-refractivity contribution in [2.75, 3.05) is 12.3 Å². The van der Waals surface area contributed by atoms with Gasteiger partial charge in [-0.15, -0.1) is 0 Å². The van der Waals surface area contributed by atoms with Crippen molar-refractivity contribution < 1.29 is 9.42 Å². The molecule has 0 aliphatic carbocycles. The minimum absolute atomic E-state index is 0.282. The van der Waals surface area contributed by atoms with Gasteiger partial charge in [-0.05, 0) is 5.56 Å². The maximum atomic E-state index is 11.2. The zero-order valence-corrected chi connectivity index (χ0v) is 8.61. The largest absolute Gasteiger partial charge is 0.586 e. The van der Waals surface area contributed by atoms with Crippen LogP contribution in [0, 0.1) is 5.21 Å². The monoisotopic (exact) mass is 211 g/mol. The van der Waals surface area contributed by atoms with Gasteiger partial charge in [0.05, 0.1) is 5.75 Å². The molecule has 4 heteroatoms. The molecule has 1 N–H and O–H groups in total. The van der Waals surface area contributed by atoms with Crippen LogP contribution in [0.3, 0.4) is 0 Å². The molecular formula is C10H13NO2S. The number of quaternary nitrogens is 1. The van der Waals surface area contributed by atoms with Crippen LogP contribution < -0.4 is 0 Å². The fourth-order valence-electron chi connectivity index (χ4n) is 1.66. The number of nitrogens with zero attached hydrogens (tertiary/aromatic N) is 1. The van der Waals surface area contributed by atoms with Gasteiger partial charge in [-0.25, -0.2) is 5.21 Å².